The van der Waals surface area contributed by atoms with Crippen molar-refractivity contribution in [2.45, 2.75) is 0 Å². The fourth-order valence-corrected chi connectivity index (χ4v) is 1.19. The molecule has 0 radical (unpaired) electrons. The molecule has 1 aromatic rings. The van der Waals surface area contributed by atoms with Crippen molar-refractivity contribution in [3.63, 3.8) is 0 Å². The lowest BCUT2D eigenvalue weighted by atomic mass is 10.2. The Morgan fingerprint density at radius 2 is 1.36 bits per heavy atom. The van der Waals surface area contributed by atoms with E-state index in [9.17, 15) is 0 Å². The monoisotopic (exact) mass is 170 g/mol. The summed E-state index contributed by atoms with van der Waals surface area (Å²) in [5.74, 6) is 0. The number of fused-ring (bicyclic) bond motifs is 1. The summed E-state index contributed by atoms with van der Waals surface area (Å²) in [7, 11) is 0. The van der Waals surface area contributed by atoms with Crippen LogP contribution >= 0.6 is 12.4 Å². The van der Waals surface area contributed by atoms with Crippen LogP contribution in [0.2, 0.25) is 0 Å². The normalized spacial score (nSPS) is 13.5. The minimum absolute atomic E-state index is 0. The smallest absolute Gasteiger partial charge is 0.0576 e. The lowest BCUT2D eigenvalue weighted by Gasteiger charge is -2.18. The van der Waals surface area contributed by atoms with Crippen LogP contribution < -0.4 is 10.6 Å². The molecule has 0 spiro atoms. The molecule has 0 unspecified atom stereocenters. The zero-order valence-electron chi connectivity index (χ0n) is 6.13. The van der Waals surface area contributed by atoms with E-state index in [2.05, 4.69) is 22.8 Å². The molecular formula is C8H11ClN2. The minimum atomic E-state index is 0. The molecule has 1 heterocycles. The topological polar surface area (TPSA) is 24.1 Å². The van der Waals surface area contributed by atoms with E-state index >= 15 is 0 Å². The van der Waals surface area contributed by atoms with Crippen molar-refractivity contribution in [2.75, 3.05) is 23.7 Å². The van der Waals surface area contributed by atoms with Crippen LogP contribution in [0.1, 0.15) is 0 Å². The molecule has 2 rings (SSSR count). The first-order valence-corrected chi connectivity index (χ1v) is 3.53. The van der Waals surface area contributed by atoms with Crippen LogP contribution in [-0.4, -0.2) is 13.1 Å². The Morgan fingerprint density at radius 3 is 1.82 bits per heavy atom. The van der Waals surface area contributed by atoms with E-state index < -0.39 is 0 Å². The van der Waals surface area contributed by atoms with Crippen LogP contribution in [0.5, 0.6) is 0 Å². The first-order valence-electron chi connectivity index (χ1n) is 3.53. The van der Waals surface area contributed by atoms with Crippen molar-refractivity contribution in [3.05, 3.63) is 24.3 Å². The van der Waals surface area contributed by atoms with Crippen LogP contribution in [0.4, 0.5) is 11.4 Å². The van der Waals surface area contributed by atoms with Crippen molar-refractivity contribution in [1.29, 1.82) is 0 Å². The van der Waals surface area contributed by atoms with Crippen LogP contribution in [-0.2, 0) is 0 Å². The number of rotatable bonds is 0. The minimum Gasteiger partial charge on any atom is -0.382 e. The Bertz CT molecular complexity index is 212. The number of hydrogen-bond donors (Lipinski definition) is 2. The van der Waals surface area contributed by atoms with E-state index in [-0.39, 0.29) is 12.4 Å². The second-order valence-electron chi connectivity index (χ2n) is 2.40. The van der Waals surface area contributed by atoms with Gasteiger partial charge in [-0.3, -0.25) is 0 Å². The van der Waals surface area contributed by atoms with Crippen molar-refractivity contribution in [1.82, 2.24) is 0 Å². The maximum atomic E-state index is 3.30. The van der Waals surface area contributed by atoms with Gasteiger partial charge in [0.15, 0.2) is 0 Å². The van der Waals surface area contributed by atoms with Gasteiger partial charge in [0.05, 0.1) is 11.4 Å². The van der Waals surface area contributed by atoms with Crippen molar-refractivity contribution in [3.8, 4) is 0 Å². The summed E-state index contributed by atoms with van der Waals surface area (Å²) in [6, 6.07) is 8.25. The Labute approximate surface area is 72.4 Å². The Hall–Kier alpha value is -0.890. The largest absolute Gasteiger partial charge is 0.382 e. The van der Waals surface area contributed by atoms with E-state index in [1.54, 1.807) is 0 Å². The highest BCUT2D eigenvalue weighted by atomic mass is 35.5. The summed E-state index contributed by atoms with van der Waals surface area (Å²) in [6.07, 6.45) is 0. The Morgan fingerprint density at radius 1 is 0.909 bits per heavy atom. The molecule has 0 saturated heterocycles. The van der Waals surface area contributed by atoms with Gasteiger partial charge in [-0.2, -0.15) is 0 Å². The molecule has 0 saturated carbocycles. The van der Waals surface area contributed by atoms with Gasteiger partial charge >= 0.3 is 0 Å². The predicted octanol–water partition coefficient (Wildman–Crippen LogP) is 1.95. The van der Waals surface area contributed by atoms with E-state index in [0.29, 0.717) is 0 Å². The average molecular weight is 171 g/mol. The fraction of sp³-hybridized carbons (Fsp3) is 0.250. The molecule has 1 aromatic carbocycles. The van der Waals surface area contributed by atoms with Gasteiger partial charge in [0, 0.05) is 13.1 Å². The third kappa shape index (κ3) is 1.57. The predicted molar refractivity (Wildman–Crippen MR) is 50.7 cm³/mol. The van der Waals surface area contributed by atoms with Crippen LogP contribution in [0.25, 0.3) is 0 Å². The highest BCUT2D eigenvalue weighted by Gasteiger charge is 2.03. The van der Waals surface area contributed by atoms with Gasteiger partial charge in [-0.25, -0.2) is 0 Å². The van der Waals surface area contributed by atoms with E-state index in [4.69, 9.17) is 0 Å². The van der Waals surface area contributed by atoms with Gasteiger partial charge in [0.2, 0.25) is 0 Å². The number of para-hydroxylation sites is 2. The van der Waals surface area contributed by atoms with E-state index in [0.717, 1.165) is 13.1 Å². The van der Waals surface area contributed by atoms with E-state index in [1.165, 1.54) is 11.4 Å². The third-order valence-corrected chi connectivity index (χ3v) is 1.68. The Balaban J connectivity index is 0.000000605. The summed E-state index contributed by atoms with van der Waals surface area (Å²) in [4.78, 5) is 0. The van der Waals surface area contributed by atoms with Crippen molar-refractivity contribution in [2.24, 2.45) is 0 Å². The number of nitrogens with one attached hydrogen (secondary N) is 2. The number of benzene rings is 1. The van der Waals surface area contributed by atoms with Gasteiger partial charge in [0.25, 0.3) is 0 Å². The number of halogens is 1. The molecule has 0 aliphatic carbocycles. The SMILES string of the molecule is Cl.c1ccc2c(c1)NCCN2. The van der Waals surface area contributed by atoms with Gasteiger partial charge in [0.1, 0.15) is 0 Å². The summed E-state index contributed by atoms with van der Waals surface area (Å²) >= 11 is 0. The van der Waals surface area contributed by atoms with Crippen LogP contribution in [0.15, 0.2) is 24.3 Å². The molecule has 0 bridgehead atoms. The summed E-state index contributed by atoms with van der Waals surface area (Å²) in [5, 5.41) is 6.60. The molecule has 1 aliphatic rings. The number of hydrogen-bond acceptors (Lipinski definition) is 2. The molecule has 0 atom stereocenters. The van der Waals surface area contributed by atoms with Gasteiger partial charge < -0.3 is 10.6 Å². The van der Waals surface area contributed by atoms with Gasteiger partial charge in [-0.15, -0.1) is 12.4 Å². The zero-order valence-corrected chi connectivity index (χ0v) is 6.95. The van der Waals surface area contributed by atoms with Gasteiger partial charge in [-0.05, 0) is 12.1 Å². The Kier molecular flexibility index (Phi) is 2.60. The number of anilines is 2. The molecule has 11 heavy (non-hydrogen) atoms. The molecule has 60 valence electrons. The molecule has 1 aliphatic heterocycles. The molecule has 3 heteroatoms. The first-order chi connectivity index (χ1) is 4.97. The lowest BCUT2D eigenvalue weighted by molar-refractivity contribution is 1.05. The highest BCUT2D eigenvalue weighted by molar-refractivity contribution is 5.85. The quantitative estimate of drug-likeness (QED) is 0.622. The molecule has 0 fully saturated rings. The maximum absolute atomic E-state index is 3.30. The summed E-state index contributed by atoms with van der Waals surface area (Å²) < 4.78 is 0. The second-order valence-corrected chi connectivity index (χ2v) is 2.40. The molecule has 2 N–H and O–H groups in total. The average Bonchev–Trinajstić information content (AvgIpc) is 2.05. The standard InChI is InChI=1S/C8H10N2.ClH/c1-2-4-8-7(3-1)9-5-6-10-8;/h1-4,9-10H,5-6H2;1H. The summed E-state index contributed by atoms with van der Waals surface area (Å²) in [5.41, 5.74) is 2.43. The molecule has 2 nitrogen and oxygen atoms in total. The van der Waals surface area contributed by atoms with Crippen LogP contribution in [0, 0.1) is 0 Å². The zero-order chi connectivity index (χ0) is 6.81. The van der Waals surface area contributed by atoms with Crippen molar-refractivity contribution >= 4 is 23.8 Å². The van der Waals surface area contributed by atoms with Crippen LogP contribution in [0.3, 0.4) is 0 Å². The van der Waals surface area contributed by atoms with Gasteiger partial charge in [-0.1, -0.05) is 12.1 Å². The maximum Gasteiger partial charge on any atom is 0.0576 e. The fourth-order valence-electron chi connectivity index (χ4n) is 1.19. The lowest BCUT2D eigenvalue weighted by Crippen LogP contribution is -2.19. The molecular weight excluding hydrogens is 160 g/mol. The first kappa shape index (κ1) is 8.21. The molecule has 0 aromatic heterocycles. The molecule has 0 amide bonds. The summed E-state index contributed by atoms with van der Waals surface area (Å²) in [6.45, 7) is 2.05. The van der Waals surface area contributed by atoms with E-state index in [1.807, 2.05) is 12.1 Å². The highest BCUT2D eigenvalue weighted by Crippen LogP contribution is 2.22. The second kappa shape index (κ2) is 3.49. The third-order valence-electron chi connectivity index (χ3n) is 1.68. The van der Waals surface area contributed by atoms with Crippen molar-refractivity contribution < 1.29 is 0 Å².